The van der Waals surface area contributed by atoms with Crippen molar-refractivity contribution in [3.8, 4) is 11.6 Å². The van der Waals surface area contributed by atoms with Crippen molar-refractivity contribution in [2.75, 3.05) is 20.8 Å². The third-order valence-electron chi connectivity index (χ3n) is 3.81. The minimum atomic E-state index is -0.429. The molecule has 2 aromatic heterocycles. The highest BCUT2D eigenvalue weighted by Crippen LogP contribution is 2.32. The fraction of sp³-hybridized carbons (Fsp3) is 0.211. The van der Waals surface area contributed by atoms with Crippen molar-refractivity contribution >= 4 is 29.0 Å². The number of H-pyrrole nitrogens is 1. The van der Waals surface area contributed by atoms with E-state index in [1.807, 2.05) is 18.2 Å². The number of hydrogen-bond acceptors (Lipinski definition) is 6. The van der Waals surface area contributed by atoms with E-state index in [0.29, 0.717) is 29.5 Å². The first-order valence-electron chi connectivity index (χ1n) is 8.08. The first-order chi connectivity index (χ1) is 12.7. The van der Waals surface area contributed by atoms with Gasteiger partial charge in [-0.1, -0.05) is 6.08 Å². The zero-order valence-electron chi connectivity index (χ0n) is 14.8. The number of ether oxygens (including phenoxy) is 3. The number of aromatic amines is 1. The normalized spacial score (nSPS) is 11.0. The second kappa shape index (κ2) is 7.69. The second-order valence-corrected chi connectivity index (χ2v) is 5.37. The predicted molar refractivity (Wildman–Crippen MR) is 98.3 cm³/mol. The number of esters is 1. The summed E-state index contributed by atoms with van der Waals surface area (Å²) in [5.41, 5.74) is 2.67. The van der Waals surface area contributed by atoms with Crippen LogP contribution in [0.4, 0.5) is 0 Å². The lowest BCUT2D eigenvalue weighted by molar-refractivity contribution is 0.0523. The van der Waals surface area contributed by atoms with Crippen molar-refractivity contribution in [1.82, 2.24) is 15.2 Å². The van der Waals surface area contributed by atoms with Gasteiger partial charge in [-0.2, -0.15) is 5.10 Å². The average Bonchev–Trinajstić information content (AvgIpc) is 3.09. The predicted octanol–water partition coefficient (Wildman–Crippen LogP) is 3.32. The highest BCUT2D eigenvalue weighted by Gasteiger charge is 2.19. The van der Waals surface area contributed by atoms with E-state index in [4.69, 9.17) is 14.2 Å². The third kappa shape index (κ3) is 3.37. The Kier molecular flexibility index (Phi) is 5.17. The number of nitrogens with one attached hydrogen (secondary N) is 1. The summed E-state index contributed by atoms with van der Waals surface area (Å²) >= 11 is 0. The zero-order valence-corrected chi connectivity index (χ0v) is 14.8. The Morgan fingerprint density at radius 2 is 2.00 bits per heavy atom. The maximum Gasteiger partial charge on any atom is 0.341 e. The molecule has 0 bridgehead atoms. The summed E-state index contributed by atoms with van der Waals surface area (Å²) in [4.78, 5) is 16.3. The lowest BCUT2D eigenvalue weighted by Gasteiger charge is -2.09. The number of carbonyl (C=O) groups excluding carboxylic acids is 1. The van der Waals surface area contributed by atoms with Crippen molar-refractivity contribution < 1.29 is 19.0 Å². The Balaban J connectivity index is 2.01. The fourth-order valence-electron chi connectivity index (χ4n) is 2.59. The Hall–Kier alpha value is -3.35. The number of rotatable bonds is 6. The first kappa shape index (κ1) is 17.5. The molecule has 0 unspecified atom stereocenters. The van der Waals surface area contributed by atoms with Gasteiger partial charge in [0, 0.05) is 12.3 Å². The van der Waals surface area contributed by atoms with E-state index in [9.17, 15) is 4.79 Å². The van der Waals surface area contributed by atoms with Gasteiger partial charge in [0.25, 0.3) is 0 Å². The first-order valence-corrected chi connectivity index (χ1v) is 8.08. The molecule has 0 atom stereocenters. The Bertz CT molecular complexity index is 945. The standard InChI is InChI=1S/C19H19N3O4/c1-4-26-19(23)13-7-9-15-17(18(13)25-3)14(21-22-15)8-5-12-6-10-16(24-2)20-11-12/h5-11H,4H2,1-3H3,(H,21,22)/b8-5+. The number of nitrogens with zero attached hydrogens (tertiary/aromatic N) is 2. The van der Waals surface area contributed by atoms with Crippen molar-refractivity contribution in [1.29, 1.82) is 0 Å². The van der Waals surface area contributed by atoms with Crippen LogP contribution >= 0.6 is 0 Å². The third-order valence-corrected chi connectivity index (χ3v) is 3.81. The van der Waals surface area contributed by atoms with Crippen molar-refractivity contribution in [3.63, 3.8) is 0 Å². The number of methoxy groups -OCH3 is 2. The van der Waals surface area contributed by atoms with Crippen LogP contribution in [0.1, 0.15) is 28.5 Å². The molecule has 3 aromatic rings. The molecule has 0 amide bonds. The van der Waals surface area contributed by atoms with Crippen LogP contribution in [0.15, 0.2) is 30.5 Å². The zero-order chi connectivity index (χ0) is 18.5. The van der Waals surface area contributed by atoms with Crippen molar-refractivity contribution in [2.24, 2.45) is 0 Å². The van der Waals surface area contributed by atoms with Crippen molar-refractivity contribution in [2.45, 2.75) is 6.92 Å². The van der Waals surface area contributed by atoms with Gasteiger partial charge < -0.3 is 14.2 Å². The van der Waals surface area contributed by atoms with Gasteiger partial charge >= 0.3 is 5.97 Å². The van der Waals surface area contributed by atoms with E-state index in [1.165, 1.54) is 7.11 Å². The molecular formula is C19H19N3O4. The van der Waals surface area contributed by atoms with Crippen LogP contribution in [0.3, 0.4) is 0 Å². The molecule has 0 aliphatic rings. The summed E-state index contributed by atoms with van der Waals surface area (Å²) in [6, 6.07) is 7.11. The topological polar surface area (TPSA) is 86.3 Å². The molecule has 0 spiro atoms. The smallest absolute Gasteiger partial charge is 0.341 e. The molecular weight excluding hydrogens is 334 g/mol. The Morgan fingerprint density at radius 3 is 2.65 bits per heavy atom. The number of benzene rings is 1. The summed E-state index contributed by atoms with van der Waals surface area (Å²) in [6.45, 7) is 2.06. The lowest BCUT2D eigenvalue weighted by atomic mass is 10.1. The van der Waals surface area contributed by atoms with Gasteiger partial charge in [-0.15, -0.1) is 0 Å². The molecule has 1 N–H and O–H groups in total. The summed E-state index contributed by atoms with van der Waals surface area (Å²) < 4.78 is 15.6. The summed E-state index contributed by atoms with van der Waals surface area (Å²) in [5.74, 6) is 0.553. The molecule has 7 heteroatoms. The van der Waals surface area contributed by atoms with Crippen LogP contribution in [0.25, 0.3) is 23.1 Å². The van der Waals surface area contributed by atoms with Gasteiger partial charge in [0.15, 0.2) is 0 Å². The van der Waals surface area contributed by atoms with Gasteiger partial charge in [-0.05, 0) is 36.8 Å². The summed E-state index contributed by atoms with van der Waals surface area (Å²) in [7, 11) is 3.09. The molecule has 2 heterocycles. The molecule has 0 radical (unpaired) electrons. The van der Waals surface area contributed by atoms with E-state index in [2.05, 4.69) is 15.2 Å². The lowest BCUT2D eigenvalue weighted by Crippen LogP contribution is -2.07. The number of fused-ring (bicyclic) bond motifs is 1. The maximum atomic E-state index is 12.2. The molecule has 0 aliphatic carbocycles. The van der Waals surface area contributed by atoms with Crippen LogP contribution in [0, 0.1) is 0 Å². The van der Waals surface area contributed by atoms with Crippen molar-refractivity contribution in [3.05, 3.63) is 47.3 Å². The van der Waals surface area contributed by atoms with Gasteiger partial charge in [-0.3, -0.25) is 5.10 Å². The highest BCUT2D eigenvalue weighted by atomic mass is 16.5. The van der Waals surface area contributed by atoms with Gasteiger partial charge in [0.2, 0.25) is 5.88 Å². The SMILES string of the molecule is CCOC(=O)c1ccc2[nH]nc(/C=C/c3ccc(OC)nc3)c2c1OC. The van der Waals surface area contributed by atoms with Gasteiger partial charge in [0.05, 0.1) is 37.4 Å². The largest absolute Gasteiger partial charge is 0.495 e. The van der Waals surface area contributed by atoms with Gasteiger partial charge in [-0.25, -0.2) is 9.78 Å². The molecule has 0 fully saturated rings. The highest BCUT2D eigenvalue weighted by molar-refractivity contribution is 6.03. The molecule has 0 saturated carbocycles. The average molecular weight is 353 g/mol. The van der Waals surface area contributed by atoms with E-state index in [-0.39, 0.29) is 0 Å². The van der Waals surface area contributed by atoms with E-state index < -0.39 is 5.97 Å². The number of carbonyl (C=O) groups is 1. The second-order valence-electron chi connectivity index (χ2n) is 5.37. The minimum absolute atomic E-state index is 0.294. The minimum Gasteiger partial charge on any atom is -0.495 e. The van der Waals surface area contributed by atoms with Crippen LogP contribution in [-0.2, 0) is 4.74 Å². The van der Waals surface area contributed by atoms with Crippen LogP contribution in [0.5, 0.6) is 11.6 Å². The number of aromatic nitrogens is 3. The molecule has 3 rings (SSSR count). The monoisotopic (exact) mass is 353 g/mol. The quantitative estimate of drug-likeness (QED) is 0.684. The van der Waals surface area contributed by atoms with Gasteiger partial charge in [0.1, 0.15) is 11.3 Å². The van der Waals surface area contributed by atoms with E-state index >= 15 is 0 Å². The van der Waals surface area contributed by atoms with Crippen LogP contribution in [-0.4, -0.2) is 42.0 Å². The molecule has 7 nitrogen and oxygen atoms in total. The summed E-state index contributed by atoms with van der Waals surface area (Å²) in [6.07, 6.45) is 5.41. The molecule has 134 valence electrons. The van der Waals surface area contributed by atoms with Crippen LogP contribution < -0.4 is 9.47 Å². The summed E-state index contributed by atoms with van der Waals surface area (Å²) in [5, 5.41) is 7.97. The molecule has 0 saturated heterocycles. The molecule has 0 aliphatic heterocycles. The molecule has 26 heavy (non-hydrogen) atoms. The van der Waals surface area contributed by atoms with E-state index in [1.54, 1.807) is 38.4 Å². The fourth-order valence-corrected chi connectivity index (χ4v) is 2.59. The number of pyridine rings is 1. The Morgan fingerprint density at radius 1 is 1.15 bits per heavy atom. The number of hydrogen-bond donors (Lipinski definition) is 1. The van der Waals surface area contributed by atoms with E-state index in [0.717, 1.165) is 16.5 Å². The maximum absolute atomic E-state index is 12.2. The molecule has 1 aromatic carbocycles. The van der Waals surface area contributed by atoms with Crippen LogP contribution in [0.2, 0.25) is 0 Å². The Labute approximate surface area is 150 Å².